The smallest absolute Gasteiger partial charge is 0.243 e. The molecule has 0 fully saturated rings. The van der Waals surface area contributed by atoms with Crippen LogP contribution in [0.2, 0.25) is 0 Å². The lowest BCUT2D eigenvalue weighted by Gasteiger charge is -2.00. The van der Waals surface area contributed by atoms with Crippen molar-refractivity contribution in [2.45, 2.75) is 65.0 Å². The zero-order chi connectivity index (χ0) is 15.4. The molecule has 1 heterocycles. The first-order valence-electron chi connectivity index (χ1n) is 7.37. The van der Waals surface area contributed by atoms with E-state index in [-0.39, 0.29) is 0 Å². The third-order valence-corrected chi connectivity index (χ3v) is 2.93. The molecule has 0 aromatic carbocycles. The molecule has 0 unspecified atom stereocenters. The van der Waals surface area contributed by atoms with E-state index in [4.69, 9.17) is 5.11 Å². The molecule has 0 spiro atoms. The maximum Gasteiger partial charge on any atom is 0.243 e. The number of carbonyl (C=O) groups excluding carboxylic acids is 1. The number of carboxylic acid groups (broad SMARTS) is 1. The van der Waals surface area contributed by atoms with Gasteiger partial charge in [0.1, 0.15) is 12.4 Å². The number of hydrogen-bond donors (Lipinski definition) is 1. The predicted octanol–water partition coefficient (Wildman–Crippen LogP) is 0.790. The lowest BCUT2D eigenvalue weighted by molar-refractivity contribution is -0.671. The Morgan fingerprint density at radius 3 is 2.30 bits per heavy atom. The minimum Gasteiger partial charge on any atom is -0.547 e. The number of aliphatic hydroxyl groups excluding tert-OH is 1. The van der Waals surface area contributed by atoms with Gasteiger partial charge in [0.25, 0.3) is 0 Å². The van der Waals surface area contributed by atoms with Gasteiger partial charge >= 0.3 is 0 Å². The standard InChI is InChI=1S/C12H23N2.C3H6O3/c1-3-4-5-6-7-8-9-14-11-10-13(2)12-14;1-2(4)3(5)6/h10-12H,3-9H2,1-2H3;2,4H,1H3,(H,5,6)/q+1;/p-1/t;2-/m.0/s1. The van der Waals surface area contributed by atoms with E-state index in [9.17, 15) is 9.90 Å². The Kier molecular flexibility index (Phi) is 10.7. The van der Waals surface area contributed by atoms with E-state index >= 15 is 0 Å². The van der Waals surface area contributed by atoms with Gasteiger partial charge in [0.05, 0.1) is 25.7 Å². The highest BCUT2D eigenvalue weighted by Crippen LogP contribution is 2.05. The van der Waals surface area contributed by atoms with Gasteiger partial charge in [-0.25, -0.2) is 9.13 Å². The van der Waals surface area contributed by atoms with E-state index in [2.05, 4.69) is 41.8 Å². The van der Waals surface area contributed by atoms with Crippen molar-refractivity contribution in [3.8, 4) is 0 Å². The summed E-state index contributed by atoms with van der Waals surface area (Å²) in [5.74, 6) is -1.44. The van der Waals surface area contributed by atoms with Gasteiger partial charge in [0.2, 0.25) is 6.33 Å². The molecule has 0 aliphatic heterocycles. The number of aromatic nitrogens is 2. The summed E-state index contributed by atoms with van der Waals surface area (Å²) in [5, 5.41) is 17.3. The van der Waals surface area contributed by atoms with Gasteiger partial charge in [-0.1, -0.05) is 32.6 Å². The van der Waals surface area contributed by atoms with Crippen LogP contribution in [0.15, 0.2) is 18.7 Å². The third-order valence-electron chi connectivity index (χ3n) is 2.93. The van der Waals surface area contributed by atoms with Crippen molar-refractivity contribution in [2.24, 2.45) is 7.05 Å². The fourth-order valence-corrected chi connectivity index (χ4v) is 1.71. The van der Waals surface area contributed by atoms with E-state index in [0.29, 0.717) is 0 Å². The zero-order valence-electron chi connectivity index (χ0n) is 12.9. The largest absolute Gasteiger partial charge is 0.547 e. The molecule has 5 heteroatoms. The van der Waals surface area contributed by atoms with Crippen molar-refractivity contribution in [3.05, 3.63) is 18.7 Å². The molecule has 116 valence electrons. The van der Waals surface area contributed by atoms with Crippen molar-refractivity contribution >= 4 is 5.97 Å². The number of imidazole rings is 1. The molecule has 1 aromatic heterocycles. The number of rotatable bonds is 8. The van der Waals surface area contributed by atoms with Crippen LogP contribution >= 0.6 is 0 Å². The van der Waals surface area contributed by atoms with E-state index in [1.54, 1.807) is 0 Å². The van der Waals surface area contributed by atoms with E-state index in [1.165, 1.54) is 45.1 Å². The summed E-state index contributed by atoms with van der Waals surface area (Å²) in [4.78, 5) is 9.34. The molecule has 1 rings (SSSR count). The molecule has 0 radical (unpaired) electrons. The fraction of sp³-hybridized carbons (Fsp3) is 0.733. The summed E-state index contributed by atoms with van der Waals surface area (Å²) in [6.07, 6.45) is 13.3. The van der Waals surface area contributed by atoms with Crippen molar-refractivity contribution in [1.82, 2.24) is 4.57 Å². The molecular weight excluding hydrogens is 256 g/mol. The Morgan fingerprint density at radius 1 is 1.30 bits per heavy atom. The second-order valence-electron chi connectivity index (χ2n) is 5.08. The first kappa shape index (κ1) is 18.6. The molecule has 1 aromatic rings. The van der Waals surface area contributed by atoms with Gasteiger partial charge in [-0.15, -0.1) is 0 Å². The van der Waals surface area contributed by atoms with Gasteiger partial charge in [-0.3, -0.25) is 0 Å². The lowest BCUT2D eigenvalue weighted by Crippen LogP contribution is -2.32. The maximum atomic E-state index is 9.34. The van der Waals surface area contributed by atoms with Crippen LogP contribution in [0.25, 0.3) is 0 Å². The molecule has 0 amide bonds. The Labute approximate surface area is 121 Å². The quantitative estimate of drug-likeness (QED) is 0.567. The Hall–Kier alpha value is -1.36. The zero-order valence-corrected chi connectivity index (χ0v) is 12.9. The highest BCUT2D eigenvalue weighted by molar-refractivity contribution is 5.68. The van der Waals surface area contributed by atoms with E-state index < -0.39 is 12.1 Å². The first-order chi connectivity index (χ1) is 9.47. The molecule has 1 atom stereocenters. The van der Waals surface area contributed by atoms with E-state index in [0.717, 1.165) is 6.92 Å². The molecule has 0 aliphatic rings. The van der Waals surface area contributed by atoms with Crippen molar-refractivity contribution in [1.29, 1.82) is 0 Å². The maximum absolute atomic E-state index is 9.34. The molecule has 20 heavy (non-hydrogen) atoms. The number of hydrogen-bond acceptors (Lipinski definition) is 3. The van der Waals surface area contributed by atoms with Crippen LogP contribution in [-0.2, 0) is 18.4 Å². The molecule has 0 aliphatic carbocycles. The third kappa shape index (κ3) is 10.6. The fourth-order valence-electron chi connectivity index (χ4n) is 1.71. The number of nitrogens with zero attached hydrogens (tertiary/aromatic N) is 2. The second-order valence-corrected chi connectivity index (χ2v) is 5.08. The summed E-state index contributed by atoms with van der Waals surface area (Å²) < 4.78 is 4.36. The molecule has 1 N–H and O–H groups in total. The first-order valence-corrected chi connectivity index (χ1v) is 7.37. The van der Waals surface area contributed by atoms with Gasteiger partial charge in [-0.05, 0) is 19.8 Å². The monoisotopic (exact) mass is 284 g/mol. The van der Waals surface area contributed by atoms with Crippen LogP contribution in [0, 0.1) is 0 Å². The van der Waals surface area contributed by atoms with E-state index in [1.807, 2.05) is 0 Å². The van der Waals surface area contributed by atoms with Gasteiger partial charge in [0, 0.05) is 0 Å². The molecular formula is C15H28N2O3. The Bertz CT molecular complexity index is 362. The molecule has 0 bridgehead atoms. The topological polar surface area (TPSA) is 69.2 Å². The van der Waals surface area contributed by atoms with Gasteiger partial charge in [-0.2, -0.15) is 0 Å². The number of aryl methyl sites for hydroxylation is 2. The Balaban J connectivity index is 0.000000511. The second kappa shape index (κ2) is 11.5. The van der Waals surface area contributed by atoms with Gasteiger partial charge < -0.3 is 15.0 Å². The van der Waals surface area contributed by atoms with Gasteiger partial charge in [0.15, 0.2) is 0 Å². The lowest BCUT2D eigenvalue weighted by atomic mass is 10.1. The van der Waals surface area contributed by atoms with Crippen molar-refractivity contribution < 1.29 is 19.6 Å². The van der Waals surface area contributed by atoms with Crippen LogP contribution < -0.4 is 9.67 Å². The summed E-state index contributed by atoms with van der Waals surface area (Å²) in [5.41, 5.74) is 0. The highest BCUT2D eigenvalue weighted by atomic mass is 16.4. The van der Waals surface area contributed by atoms with Crippen molar-refractivity contribution in [3.63, 3.8) is 0 Å². The van der Waals surface area contributed by atoms with Crippen LogP contribution in [0.1, 0.15) is 52.4 Å². The molecule has 0 saturated carbocycles. The number of carbonyl (C=O) groups is 1. The summed E-state index contributed by atoms with van der Waals surface area (Å²) in [6, 6.07) is 0. The normalized spacial score (nSPS) is 11.6. The average molecular weight is 284 g/mol. The van der Waals surface area contributed by atoms with Crippen LogP contribution in [-0.4, -0.2) is 21.7 Å². The number of carboxylic acids is 1. The minimum atomic E-state index is -1.44. The van der Waals surface area contributed by atoms with Crippen LogP contribution in [0.4, 0.5) is 0 Å². The summed E-state index contributed by atoms with van der Waals surface area (Å²) in [7, 11) is 2.07. The van der Waals surface area contributed by atoms with Crippen LogP contribution in [0.3, 0.4) is 0 Å². The predicted molar refractivity (Wildman–Crippen MR) is 75.7 cm³/mol. The summed E-state index contributed by atoms with van der Waals surface area (Å²) in [6.45, 7) is 4.57. The SMILES string of the molecule is CCCCCCCCn1cc[n+](C)c1.C[C@H](O)C(=O)[O-]. The minimum absolute atomic E-state index is 1.13. The Morgan fingerprint density at radius 2 is 1.85 bits per heavy atom. The number of aliphatic hydroxyl groups is 1. The molecule has 0 saturated heterocycles. The number of unbranched alkanes of at least 4 members (excludes halogenated alkanes) is 5. The summed E-state index contributed by atoms with van der Waals surface area (Å²) >= 11 is 0. The number of aliphatic carboxylic acids is 1. The molecule has 5 nitrogen and oxygen atoms in total. The average Bonchev–Trinajstić information content (AvgIpc) is 2.80. The van der Waals surface area contributed by atoms with Crippen LogP contribution in [0.5, 0.6) is 0 Å². The highest BCUT2D eigenvalue weighted by Gasteiger charge is 1.98. The van der Waals surface area contributed by atoms with Crippen molar-refractivity contribution in [2.75, 3.05) is 0 Å².